The van der Waals surface area contributed by atoms with Crippen LogP contribution in [0.4, 0.5) is 0 Å². The molecule has 0 bridgehead atoms. The number of aryl methyl sites for hydroxylation is 1. The second-order valence-electron chi connectivity index (χ2n) is 11.1. The maximum atomic E-state index is 5.74. The molecule has 34 heavy (non-hydrogen) atoms. The van der Waals surface area contributed by atoms with Gasteiger partial charge in [0.25, 0.3) is 0 Å². The van der Waals surface area contributed by atoms with Crippen LogP contribution in [0.3, 0.4) is 0 Å². The second kappa shape index (κ2) is 8.24. The number of thiophene rings is 2. The largest absolute Gasteiger partial charge is 0.361 e. The number of hydrogen-bond donors (Lipinski definition) is 1. The third kappa shape index (κ3) is 4.27. The molecule has 0 unspecified atom stereocenters. The van der Waals surface area contributed by atoms with Crippen LogP contribution in [-0.4, -0.2) is 10.1 Å². The number of benzene rings is 1. The molecule has 0 spiro atoms. The minimum atomic E-state index is 0.0911. The van der Waals surface area contributed by atoms with Gasteiger partial charge in [-0.25, -0.2) is 0 Å². The Morgan fingerprint density at radius 3 is 2.35 bits per heavy atom. The number of aromatic amines is 1. The number of rotatable bonds is 4. The van der Waals surface area contributed by atoms with Gasteiger partial charge in [-0.1, -0.05) is 52.8 Å². The minimum absolute atomic E-state index is 0.0911. The van der Waals surface area contributed by atoms with E-state index in [0.29, 0.717) is 0 Å². The fourth-order valence-corrected chi connectivity index (χ4v) is 6.69. The van der Waals surface area contributed by atoms with Crippen molar-refractivity contribution in [2.75, 3.05) is 0 Å². The molecule has 0 aliphatic carbocycles. The highest BCUT2D eigenvalue weighted by atomic mass is 32.1. The summed E-state index contributed by atoms with van der Waals surface area (Å²) >= 11 is 3.75. The quantitative estimate of drug-likeness (QED) is 0.274. The molecule has 0 amide bonds. The van der Waals surface area contributed by atoms with E-state index >= 15 is 0 Å². The molecule has 4 heterocycles. The SMILES string of the molecule is Cc1onc(Cc2cc(C(C)(C)C)sc2-c2ccc3[nH]ccc3c2)c1-c1ccc(C(C)(C)C)s1. The molecule has 0 atom stereocenters. The van der Waals surface area contributed by atoms with Gasteiger partial charge in [0.2, 0.25) is 0 Å². The van der Waals surface area contributed by atoms with Crippen LogP contribution < -0.4 is 0 Å². The van der Waals surface area contributed by atoms with Gasteiger partial charge in [0.15, 0.2) is 0 Å². The van der Waals surface area contributed by atoms with Crippen LogP contribution in [0, 0.1) is 6.92 Å². The molecule has 5 rings (SSSR count). The van der Waals surface area contributed by atoms with Crippen molar-refractivity contribution in [1.82, 2.24) is 10.1 Å². The van der Waals surface area contributed by atoms with Crippen LogP contribution >= 0.6 is 22.7 Å². The Hall–Kier alpha value is -2.63. The van der Waals surface area contributed by atoms with Crippen LogP contribution in [0.15, 0.2) is 53.2 Å². The van der Waals surface area contributed by atoms with Crippen molar-refractivity contribution in [1.29, 1.82) is 0 Å². The van der Waals surface area contributed by atoms with E-state index in [1.165, 1.54) is 41.5 Å². The smallest absolute Gasteiger partial charge is 0.142 e. The predicted molar refractivity (Wildman–Crippen MR) is 146 cm³/mol. The average Bonchev–Trinajstić information content (AvgIpc) is 3.52. The summed E-state index contributed by atoms with van der Waals surface area (Å²) in [5, 5.41) is 5.77. The molecule has 0 radical (unpaired) electrons. The third-order valence-corrected chi connectivity index (χ3v) is 9.43. The molecule has 0 aliphatic rings. The molecule has 5 heteroatoms. The Morgan fingerprint density at radius 2 is 1.65 bits per heavy atom. The molecular formula is C29H32N2OS2. The van der Waals surface area contributed by atoms with Crippen molar-refractivity contribution in [3.8, 4) is 20.9 Å². The fourth-order valence-electron chi connectivity index (χ4n) is 4.28. The number of aromatic nitrogens is 2. The molecule has 5 aromatic rings. The van der Waals surface area contributed by atoms with Crippen molar-refractivity contribution >= 4 is 33.6 Å². The first-order valence-corrected chi connectivity index (χ1v) is 13.4. The van der Waals surface area contributed by atoms with Gasteiger partial charge in [-0.2, -0.15) is 0 Å². The maximum absolute atomic E-state index is 5.74. The van der Waals surface area contributed by atoms with Crippen LogP contribution in [0.1, 0.15) is 68.3 Å². The first-order valence-electron chi connectivity index (χ1n) is 11.8. The summed E-state index contributed by atoms with van der Waals surface area (Å²) in [6.45, 7) is 15.7. The van der Waals surface area contributed by atoms with Crippen molar-refractivity contribution in [3.63, 3.8) is 0 Å². The summed E-state index contributed by atoms with van der Waals surface area (Å²) in [4.78, 5) is 8.63. The Balaban J connectivity index is 1.59. The molecular weight excluding hydrogens is 456 g/mol. The van der Waals surface area contributed by atoms with Gasteiger partial charge < -0.3 is 9.51 Å². The van der Waals surface area contributed by atoms with Crippen LogP contribution in [0.5, 0.6) is 0 Å². The Kier molecular flexibility index (Phi) is 5.61. The van der Waals surface area contributed by atoms with E-state index < -0.39 is 0 Å². The van der Waals surface area contributed by atoms with E-state index in [-0.39, 0.29) is 10.8 Å². The van der Waals surface area contributed by atoms with Crippen LogP contribution in [-0.2, 0) is 17.3 Å². The molecule has 4 aromatic heterocycles. The monoisotopic (exact) mass is 488 g/mol. The molecule has 3 nitrogen and oxygen atoms in total. The Morgan fingerprint density at radius 1 is 0.882 bits per heavy atom. The zero-order valence-corrected chi connectivity index (χ0v) is 22.6. The Labute approximate surface area is 209 Å². The van der Waals surface area contributed by atoms with Gasteiger partial charge in [-0.3, -0.25) is 0 Å². The number of nitrogens with zero attached hydrogens (tertiary/aromatic N) is 1. The van der Waals surface area contributed by atoms with Crippen molar-refractivity contribution in [2.24, 2.45) is 0 Å². The lowest BCUT2D eigenvalue weighted by Gasteiger charge is -2.15. The van der Waals surface area contributed by atoms with Gasteiger partial charge in [0, 0.05) is 37.6 Å². The van der Waals surface area contributed by atoms with Gasteiger partial charge in [0.05, 0.1) is 11.3 Å². The minimum Gasteiger partial charge on any atom is -0.361 e. The van der Waals surface area contributed by atoms with E-state index in [2.05, 4.69) is 94.1 Å². The molecule has 0 aliphatic heterocycles. The topological polar surface area (TPSA) is 41.8 Å². The highest BCUT2D eigenvalue weighted by molar-refractivity contribution is 7.16. The third-order valence-electron chi connectivity index (χ3n) is 6.25. The molecule has 0 fully saturated rings. The first-order chi connectivity index (χ1) is 16.0. The van der Waals surface area contributed by atoms with Crippen LogP contribution in [0.25, 0.3) is 31.8 Å². The van der Waals surface area contributed by atoms with Gasteiger partial charge in [-0.05, 0) is 70.7 Å². The van der Waals surface area contributed by atoms with E-state index in [0.717, 1.165) is 23.4 Å². The lowest BCUT2D eigenvalue weighted by atomic mass is 9.93. The van der Waals surface area contributed by atoms with Gasteiger partial charge >= 0.3 is 0 Å². The predicted octanol–water partition coefficient (Wildman–Crippen LogP) is 9.11. The number of hydrogen-bond acceptors (Lipinski definition) is 4. The molecule has 176 valence electrons. The van der Waals surface area contributed by atoms with Crippen molar-refractivity contribution < 1.29 is 4.52 Å². The second-order valence-corrected chi connectivity index (χ2v) is 13.3. The van der Waals surface area contributed by atoms with Gasteiger partial charge in [0.1, 0.15) is 5.76 Å². The summed E-state index contributed by atoms with van der Waals surface area (Å²) in [5.41, 5.74) is 6.13. The summed E-state index contributed by atoms with van der Waals surface area (Å²) in [6.07, 6.45) is 2.75. The van der Waals surface area contributed by atoms with E-state index in [9.17, 15) is 0 Å². The lowest BCUT2D eigenvalue weighted by Crippen LogP contribution is -2.08. The summed E-state index contributed by atoms with van der Waals surface area (Å²) < 4.78 is 5.74. The zero-order chi connectivity index (χ0) is 24.3. The van der Waals surface area contributed by atoms with E-state index in [1.807, 2.05) is 35.8 Å². The maximum Gasteiger partial charge on any atom is 0.142 e. The standard InChI is InChI=1S/C29H32N2OS2/c1-17-26(23-10-11-24(33-23)28(2,3)4)22(31-32-17)15-20-16-25(29(5,6)7)34-27(20)19-8-9-21-18(14-19)12-13-30-21/h8-14,16,30H,15H2,1-7H3. The number of nitrogens with one attached hydrogen (secondary N) is 1. The zero-order valence-electron chi connectivity index (χ0n) is 21.0. The van der Waals surface area contributed by atoms with Gasteiger partial charge in [-0.15, -0.1) is 22.7 Å². The molecule has 0 saturated carbocycles. The van der Waals surface area contributed by atoms with E-state index in [4.69, 9.17) is 4.52 Å². The highest BCUT2D eigenvalue weighted by Gasteiger charge is 2.25. The summed E-state index contributed by atoms with van der Waals surface area (Å²) in [6, 6.07) is 15.7. The number of H-pyrrole nitrogens is 1. The molecule has 1 N–H and O–H groups in total. The Bertz CT molecular complexity index is 1460. The normalized spacial score (nSPS) is 12.7. The fraction of sp³-hybridized carbons (Fsp3) is 0.345. The average molecular weight is 489 g/mol. The van der Waals surface area contributed by atoms with Crippen molar-refractivity contribution in [3.05, 3.63) is 75.4 Å². The van der Waals surface area contributed by atoms with E-state index in [1.54, 1.807) is 0 Å². The van der Waals surface area contributed by atoms with Crippen LogP contribution in [0.2, 0.25) is 0 Å². The molecule has 0 saturated heterocycles. The lowest BCUT2D eigenvalue weighted by molar-refractivity contribution is 0.392. The highest BCUT2D eigenvalue weighted by Crippen LogP contribution is 2.42. The summed E-state index contributed by atoms with van der Waals surface area (Å²) in [5.74, 6) is 0.888. The first kappa shape index (κ1) is 23.1. The van der Waals surface area contributed by atoms with Crippen molar-refractivity contribution in [2.45, 2.75) is 65.7 Å². The number of fused-ring (bicyclic) bond motifs is 1. The summed E-state index contributed by atoms with van der Waals surface area (Å²) in [7, 11) is 0. The molecule has 1 aromatic carbocycles.